The van der Waals surface area contributed by atoms with Gasteiger partial charge in [0.2, 0.25) is 0 Å². The summed E-state index contributed by atoms with van der Waals surface area (Å²) in [5.74, 6) is 0.109. The fourth-order valence-corrected chi connectivity index (χ4v) is 1.32. The zero-order valence-corrected chi connectivity index (χ0v) is 6.99. The summed E-state index contributed by atoms with van der Waals surface area (Å²) in [5.41, 5.74) is 1.07. The van der Waals surface area contributed by atoms with Crippen LogP contribution in [0.1, 0.15) is 0 Å². The number of fused-ring (bicyclic) bond motifs is 1. The normalized spacial score (nSPS) is 10.5. The molecule has 0 amide bonds. The van der Waals surface area contributed by atoms with Crippen LogP contribution >= 0.6 is 0 Å². The maximum absolute atomic E-state index is 9.33. The molecule has 0 aliphatic heterocycles. The van der Waals surface area contributed by atoms with Crippen LogP contribution in [0.25, 0.3) is 10.8 Å². The van der Waals surface area contributed by atoms with E-state index in [0.29, 0.717) is 10.9 Å². The SMILES string of the molecule is [B]c1ccc2cc(O)c([B])cc2c1. The van der Waals surface area contributed by atoms with Crippen LogP contribution < -0.4 is 10.9 Å². The molecule has 0 unspecified atom stereocenters. The zero-order chi connectivity index (χ0) is 9.42. The van der Waals surface area contributed by atoms with Crippen LogP contribution in [-0.4, -0.2) is 20.8 Å². The standard InChI is InChI=1S/C10H6B2O/c11-8-2-1-6-5-10(13)9(12)4-7(6)3-8/h1-5,13H. The average molecular weight is 164 g/mol. The summed E-state index contributed by atoms with van der Waals surface area (Å²) in [4.78, 5) is 0. The number of phenols is 1. The van der Waals surface area contributed by atoms with Crippen molar-refractivity contribution in [2.24, 2.45) is 0 Å². The summed E-state index contributed by atoms with van der Waals surface area (Å²) in [6, 6.07) is 8.80. The first-order chi connectivity index (χ1) is 6.16. The monoisotopic (exact) mass is 164 g/mol. The van der Waals surface area contributed by atoms with E-state index in [9.17, 15) is 5.11 Å². The van der Waals surface area contributed by atoms with Gasteiger partial charge in [-0.15, -0.1) is 0 Å². The minimum Gasteiger partial charge on any atom is -0.509 e. The quantitative estimate of drug-likeness (QED) is 0.548. The highest BCUT2D eigenvalue weighted by molar-refractivity contribution is 6.36. The van der Waals surface area contributed by atoms with Gasteiger partial charge in [0, 0.05) is 0 Å². The van der Waals surface area contributed by atoms with E-state index in [1.165, 1.54) is 0 Å². The minimum absolute atomic E-state index is 0.109. The van der Waals surface area contributed by atoms with E-state index in [1.54, 1.807) is 18.2 Å². The molecule has 0 spiro atoms. The molecule has 58 valence electrons. The van der Waals surface area contributed by atoms with Crippen LogP contribution in [-0.2, 0) is 0 Å². The maximum Gasteiger partial charge on any atom is 0.119 e. The zero-order valence-electron chi connectivity index (χ0n) is 6.99. The molecule has 0 aliphatic rings. The van der Waals surface area contributed by atoms with E-state index >= 15 is 0 Å². The van der Waals surface area contributed by atoms with Crippen molar-refractivity contribution in [3.05, 3.63) is 30.3 Å². The van der Waals surface area contributed by atoms with Crippen molar-refractivity contribution in [3.8, 4) is 5.75 Å². The van der Waals surface area contributed by atoms with E-state index in [-0.39, 0.29) is 5.75 Å². The second-order valence-electron chi connectivity index (χ2n) is 3.02. The molecule has 3 heteroatoms. The summed E-state index contributed by atoms with van der Waals surface area (Å²) in [5, 5.41) is 11.2. The van der Waals surface area contributed by atoms with Crippen LogP contribution in [0.4, 0.5) is 0 Å². The second kappa shape index (κ2) is 2.84. The predicted octanol–water partition coefficient (Wildman–Crippen LogP) is 0.133. The number of aromatic hydroxyl groups is 1. The summed E-state index contributed by atoms with van der Waals surface area (Å²) >= 11 is 0. The fourth-order valence-electron chi connectivity index (χ4n) is 1.32. The molecule has 0 saturated heterocycles. The fraction of sp³-hybridized carbons (Fsp3) is 0. The van der Waals surface area contributed by atoms with Crippen molar-refractivity contribution < 1.29 is 5.11 Å². The van der Waals surface area contributed by atoms with Gasteiger partial charge in [0.15, 0.2) is 0 Å². The van der Waals surface area contributed by atoms with Gasteiger partial charge in [-0.25, -0.2) is 0 Å². The number of rotatable bonds is 0. The van der Waals surface area contributed by atoms with Gasteiger partial charge in [-0.3, -0.25) is 0 Å². The van der Waals surface area contributed by atoms with E-state index in [0.717, 1.165) is 10.8 Å². The molecule has 2 aromatic carbocycles. The van der Waals surface area contributed by atoms with Crippen LogP contribution in [0.3, 0.4) is 0 Å². The number of benzene rings is 2. The first kappa shape index (κ1) is 8.24. The highest BCUT2D eigenvalue weighted by Crippen LogP contribution is 2.15. The Morgan fingerprint density at radius 1 is 0.923 bits per heavy atom. The maximum atomic E-state index is 9.33. The van der Waals surface area contributed by atoms with Crippen molar-refractivity contribution >= 4 is 37.4 Å². The molecule has 0 heterocycles. The van der Waals surface area contributed by atoms with E-state index in [2.05, 4.69) is 0 Å². The minimum atomic E-state index is 0.109. The molecule has 0 bridgehead atoms. The summed E-state index contributed by atoms with van der Waals surface area (Å²) in [6.45, 7) is 0. The molecule has 2 rings (SSSR count). The Hall–Kier alpha value is -1.37. The van der Waals surface area contributed by atoms with Gasteiger partial charge in [0.25, 0.3) is 0 Å². The Kier molecular flexibility index (Phi) is 1.80. The van der Waals surface area contributed by atoms with Crippen molar-refractivity contribution in [2.45, 2.75) is 0 Å². The molecule has 1 nitrogen and oxygen atoms in total. The molecule has 0 aromatic heterocycles. The lowest BCUT2D eigenvalue weighted by atomic mass is 9.89. The first-order valence-electron chi connectivity index (χ1n) is 3.94. The van der Waals surface area contributed by atoms with E-state index < -0.39 is 0 Å². The van der Waals surface area contributed by atoms with Crippen molar-refractivity contribution in [2.75, 3.05) is 0 Å². The Balaban J connectivity index is 2.81. The molecule has 0 atom stereocenters. The van der Waals surface area contributed by atoms with E-state index in [1.807, 2.05) is 12.1 Å². The number of hydrogen-bond donors (Lipinski definition) is 1. The second-order valence-corrected chi connectivity index (χ2v) is 3.02. The summed E-state index contributed by atoms with van der Waals surface area (Å²) in [7, 11) is 11.2. The molecule has 2 aromatic rings. The predicted molar refractivity (Wildman–Crippen MR) is 56.4 cm³/mol. The van der Waals surface area contributed by atoms with Gasteiger partial charge < -0.3 is 5.11 Å². The molecule has 0 aliphatic carbocycles. The molecule has 13 heavy (non-hydrogen) atoms. The molecule has 4 radical (unpaired) electrons. The summed E-state index contributed by atoms with van der Waals surface area (Å²) in [6.07, 6.45) is 0. The van der Waals surface area contributed by atoms with E-state index in [4.69, 9.17) is 15.7 Å². The largest absolute Gasteiger partial charge is 0.509 e. The van der Waals surface area contributed by atoms with Crippen molar-refractivity contribution in [1.29, 1.82) is 0 Å². The smallest absolute Gasteiger partial charge is 0.119 e. The third-order valence-corrected chi connectivity index (χ3v) is 2.01. The highest BCUT2D eigenvalue weighted by Gasteiger charge is 1.98. The average Bonchev–Trinajstić information content (AvgIpc) is 2.08. The van der Waals surface area contributed by atoms with Crippen molar-refractivity contribution in [3.63, 3.8) is 0 Å². The first-order valence-corrected chi connectivity index (χ1v) is 3.94. The molecule has 1 N–H and O–H groups in total. The van der Waals surface area contributed by atoms with Crippen molar-refractivity contribution in [1.82, 2.24) is 0 Å². The lowest BCUT2D eigenvalue weighted by molar-refractivity contribution is 0.480. The Morgan fingerprint density at radius 2 is 1.69 bits per heavy atom. The van der Waals surface area contributed by atoms with Gasteiger partial charge >= 0.3 is 0 Å². The van der Waals surface area contributed by atoms with Gasteiger partial charge in [0.05, 0.1) is 0 Å². The molecular weight excluding hydrogens is 158 g/mol. The van der Waals surface area contributed by atoms with Gasteiger partial charge in [0.1, 0.15) is 21.4 Å². The van der Waals surface area contributed by atoms with Crippen LogP contribution in [0.5, 0.6) is 5.75 Å². The topological polar surface area (TPSA) is 20.2 Å². The number of phenolic OH excluding ortho intramolecular Hbond substituents is 1. The van der Waals surface area contributed by atoms with Gasteiger partial charge in [-0.05, 0) is 16.8 Å². The summed E-state index contributed by atoms with van der Waals surface area (Å²) < 4.78 is 0. The molecular formula is C10H6B2O. The lowest BCUT2D eigenvalue weighted by Crippen LogP contribution is -2.05. The highest BCUT2D eigenvalue weighted by atomic mass is 16.3. The lowest BCUT2D eigenvalue weighted by Gasteiger charge is -2.03. The van der Waals surface area contributed by atoms with Crippen LogP contribution in [0, 0.1) is 0 Å². The molecule has 0 saturated carbocycles. The van der Waals surface area contributed by atoms with Gasteiger partial charge in [-0.1, -0.05) is 35.2 Å². The van der Waals surface area contributed by atoms with Crippen LogP contribution in [0.15, 0.2) is 30.3 Å². The third kappa shape index (κ3) is 1.42. The Bertz CT molecular complexity index is 466. The third-order valence-electron chi connectivity index (χ3n) is 2.01. The van der Waals surface area contributed by atoms with Crippen LogP contribution in [0.2, 0.25) is 0 Å². The molecule has 0 fully saturated rings. The Labute approximate surface area is 79.2 Å². The number of hydrogen-bond acceptors (Lipinski definition) is 1. The van der Waals surface area contributed by atoms with Gasteiger partial charge in [-0.2, -0.15) is 0 Å². The Morgan fingerprint density at radius 3 is 2.46 bits per heavy atom.